The van der Waals surface area contributed by atoms with Crippen molar-refractivity contribution in [2.75, 3.05) is 37.7 Å². The number of amides is 3. The van der Waals surface area contributed by atoms with Gasteiger partial charge in [0.15, 0.2) is 0 Å². The summed E-state index contributed by atoms with van der Waals surface area (Å²) in [4.78, 5) is 31.4. The molecule has 2 aromatic rings. The second-order valence-electron chi connectivity index (χ2n) is 9.16. The van der Waals surface area contributed by atoms with Crippen LogP contribution in [0.25, 0.3) is 0 Å². The van der Waals surface area contributed by atoms with Crippen LogP contribution in [0.2, 0.25) is 0 Å². The number of para-hydroxylation sites is 1. The average molecular weight is 434 g/mol. The fraction of sp³-hybridized carbons (Fsp3) is 0.462. The zero-order chi connectivity index (χ0) is 21.9. The maximum absolute atomic E-state index is 13.2. The minimum absolute atomic E-state index is 0.107. The number of rotatable bonds is 5. The molecule has 0 N–H and O–H groups in total. The van der Waals surface area contributed by atoms with Gasteiger partial charge in [-0.3, -0.25) is 4.79 Å². The summed E-state index contributed by atoms with van der Waals surface area (Å²) in [5.41, 5.74) is 1.94. The third-order valence-electron chi connectivity index (χ3n) is 7.03. The minimum atomic E-state index is -0.166. The zero-order valence-electron chi connectivity index (χ0n) is 18.4. The molecule has 3 fully saturated rings. The van der Waals surface area contributed by atoms with Crippen molar-refractivity contribution in [2.45, 2.75) is 37.8 Å². The number of hydrogen-bond donors (Lipinski definition) is 0. The van der Waals surface area contributed by atoms with Gasteiger partial charge in [-0.25, -0.2) is 9.69 Å². The lowest BCUT2D eigenvalue weighted by molar-refractivity contribution is -0.119. The first-order chi connectivity index (χ1) is 15.7. The number of piperidine rings is 1. The lowest BCUT2D eigenvalue weighted by Crippen LogP contribution is -2.58. The van der Waals surface area contributed by atoms with E-state index in [0.717, 1.165) is 45.5 Å². The Morgan fingerprint density at radius 1 is 0.875 bits per heavy atom. The Labute approximate surface area is 189 Å². The topological polar surface area (TPSA) is 53.1 Å². The molecule has 0 aromatic heterocycles. The van der Waals surface area contributed by atoms with Crippen molar-refractivity contribution in [3.8, 4) is 0 Å². The number of urea groups is 1. The van der Waals surface area contributed by atoms with Crippen molar-refractivity contribution < 1.29 is 14.3 Å². The van der Waals surface area contributed by atoms with Gasteiger partial charge in [-0.2, -0.15) is 0 Å². The fourth-order valence-corrected chi connectivity index (χ4v) is 5.33. The summed E-state index contributed by atoms with van der Waals surface area (Å²) in [6.45, 7) is 4.37. The number of benzene rings is 2. The van der Waals surface area contributed by atoms with E-state index in [1.54, 1.807) is 0 Å². The molecular formula is C26H31N3O3. The Morgan fingerprint density at radius 3 is 2.28 bits per heavy atom. The number of hydrogen-bond acceptors (Lipinski definition) is 4. The molecular weight excluding hydrogens is 402 g/mol. The Balaban J connectivity index is 1.14. The summed E-state index contributed by atoms with van der Waals surface area (Å²) in [6.07, 6.45) is 3.59. The van der Waals surface area contributed by atoms with Crippen LogP contribution in [0.4, 0.5) is 10.5 Å². The monoisotopic (exact) mass is 433 g/mol. The van der Waals surface area contributed by atoms with Crippen molar-refractivity contribution in [2.24, 2.45) is 5.92 Å². The summed E-state index contributed by atoms with van der Waals surface area (Å²) in [5.74, 6) is 0.448. The molecule has 2 unspecified atom stereocenters. The van der Waals surface area contributed by atoms with Crippen LogP contribution in [-0.4, -0.2) is 60.6 Å². The van der Waals surface area contributed by atoms with E-state index in [-0.39, 0.29) is 24.1 Å². The highest BCUT2D eigenvalue weighted by atomic mass is 16.5. The maximum atomic E-state index is 13.2. The number of anilines is 1. The van der Waals surface area contributed by atoms with E-state index in [1.807, 2.05) is 41.3 Å². The molecule has 3 aliphatic rings. The van der Waals surface area contributed by atoms with Crippen molar-refractivity contribution in [3.05, 3.63) is 66.2 Å². The van der Waals surface area contributed by atoms with Gasteiger partial charge in [0.2, 0.25) is 5.91 Å². The molecule has 32 heavy (non-hydrogen) atoms. The Kier molecular flexibility index (Phi) is 6.23. The van der Waals surface area contributed by atoms with Crippen molar-refractivity contribution in [3.63, 3.8) is 0 Å². The van der Waals surface area contributed by atoms with Crippen molar-refractivity contribution in [1.82, 2.24) is 9.80 Å². The number of likely N-dealkylation sites (tertiary alicyclic amines) is 1. The second-order valence-corrected chi connectivity index (χ2v) is 9.16. The van der Waals surface area contributed by atoms with Gasteiger partial charge in [0, 0.05) is 38.6 Å². The van der Waals surface area contributed by atoms with Gasteiger partial charge in [0.1, 0.15) is 0 Å². The molecule has 2 aromatic carbocycles. The van der Waals surface area contributed by atoms with Gasteiger partial charge >= 0.3 is 6.03 Å². The normalized spacial score (nSPS) is 25.5. The highest BCUT2D eigenvalue weighted by molar-refractivity contribution is 6.15. The number of imide groups is 1. The molecule has 168 valence electrons. The molecule has 3 amide bonds. The van der Waals surface area contributed by atoms with Crippen LogP contribution >= 0.6 is 0 Å². The Hall–Kier alpha value is -2.70. The van der Waals surface area contributed by atoms with E-state index in [0.29, 0.717) is 24.6 Å². The molecule has 0 radical (unpaired) electrons. The van der Waals surface area contributed by atoms with Gasteiger partial charge in [0.25, 0.3) is 0 Å². The van der Waals surface area contributed by atoms with Gasteiger partial charge < -0.3 is 14.5 Å². The Bertz CT molecular complexity index is 928. The van der Waals surface area contributed by atoms with Crippen LogP contribution in [0.3, 0.4) is 0 Å². The van der Waals surface area contributed by atoms with Crippen LogP contribution < -0.4 is 4.90 Å². The lowest BCUT2D eigenvalue weighted by atomic mass is 9.97. The van der Waals surface area contributed by atoms with Gasteiger partial charge in [-0.05, 0) is 42.9 Å². The molecule has 5 rings (SSSR count). The molecule has 0 spiro atoms. The first-order valence-electron chi connectivity index (χ1n) is 11.8. The second kappa shape index (κ2) is 9.43. The molecule has 6 nitrogen and oxygen atoms in total. The fourth-order valence-electron chi connectivity index (χ4n) is 5.33. The van der Waals surface area contributed by atoms with Gasteiger partial charge in [0.05, 0.1) is 18.4 Å². The van der Waals surface area contributed by atoms with Crippen LogP contribution in [0.5, 0.6) is 0 Å². The van der Waals surface area contributed by atoms with Crippen molar-refractivity contribution in [1.29, 1.82) is 0 Å². The molecule has 2 atom stereocenters. The molecule has 3 aliphatic heterocycles. The molecule has 6 heteroatoms. The summed E-state index contributed by atoms with van der Waals surface area (Å²) in [6, 6.07) is 19.8. The summed E-state index contributed by atoms with van der Waals surface area (Å²) in [5, 5.41) is 0. The molecule has 3 saturated heterocycles. The maximum Gasteiger partial charge on any atom is 0.331 e. The first-order valence-corrected chi connectivity index (χ1v) is 11.8. The van der Waals surface area contributed by atoms with Crippen LogP contribution in [-0.2, 0) is 9.53 Å². The Morgan fingerprint density at radius 2 is 1.56 bits per heavy atom. The molecule has 3 heterocycles. The van der Waals surface area contributed by atoms with E-state index < -0.39 is 0 Å². The van der Waals surface area contributed by atoms with Crippen LogP contribution in [0, 0.1) is 5.92 Å². The summed E-state index contributed by atoms with van der Waals surface area (Å²) >= 11 is 0. The lowest BCUT2D eigenvalue weighted by Gasteiger charge is -2.42. The average Bonchev–Trinajstić information content (AvgIpc) is 3.30. The third kappa shape index (κ3) is 4.43. The largest absolute Gasteiger partial charge is 0.373 e. The van der Waals surface area contributed by atoms with Gasteiger partial charge in [-0.1, -0.05) is 48.5 Å². The highest BCUT2D eigenvalue weighted by Gasteiger charge is 2.38. The predicted molar refractivity (Wildman–Crippen MR) is 123 cm³/mol. The van der Waals surface area contributed by atoms with E-state index in [4.69, 9.17) is 4.74 Å². The van der Waals surface area contributed by atoms with Gasteiger partial charge in [-0.15, -0.1) is 0 Å². The number of ether oxygens (including phenoxy) is 1. The summed E-state index contributed by atoms with van der Waals surface area (Å²) in [7, 11) is 0. The number of carbonyl (C=O) groups is 2. The van der Waals surface area contributed by atoms with E-state index in [9.17, 15) is 9.59 Å². The predicted octanol–water partition coefficient (Wildman–Crippen LogP) is 4.09. The van der Waals surface area contributed by atoms with Crippen molar-refractivity contribution >= 4 is 17.6 Å². The molecule has 0 aliphatic carbocycles. The highest BCUT2D eigenvalue weighted by Crippen LogP contribution is 2.33. The molecule has 0 bridgehead atoms. The van der Waals surface area contributed by atoms with E-state index in [1.165, 1.54) is 10.5 Å². The first kappa shape index (κ1) is 21.2. The standard InChI is InChI=1S/C26H31N3O3/c30-25-13-16-28(26(31)29(25)23-9-5-2-6-10-23)22-11-14-27(15-12-22)18-20-17-24(32-19-20)21-7-3-1-4-8-21/h1-10,20,22,24H,11-19H2. The SMILES string of the molecule is O=C1CCN(C2CCN(CC3COC(c4ccccc4)C3)CC2)C(=O)N1c1ccccc1. The number of carbonyl (C=O) groups excluding carboxylic acids is 2. The number of nitrogens with zero attached hydrogens (tertiary/aromatic N) is 3. The summed E-state index contributed by atoms with van der Waals surface area (Å²) < 4.78 is 6.07. The molecule has 0 saturated carbocycles. The van der Waals surface area contributed by atoms with E-state index >= 15 is 0 Å². The third-order valence-corrected chi connectivity index (χ3v) is 7.03. The quantitative estimate of drug-likeness (QED) is 0.713. The minimum Gasteiger partial charge on any atom is -0.373 e. The van der Waals surface area contributed by atoms with E-state index in [2.05, 4.69) is 29.2 Å². The van der Waals surface area contributed by atoms with Crippen LogP contribution in [0.15, 0.2) is 60.7 Å². The zero-order valence-corrected chi connectivity index (χ0v) is 18.4. The van der Waals surface area contributed by atoms with Crippen LogP contribution in [0.1, 0.15) is 37.4 Å². The smallest absolute Gasteiger partial charge is 0.331 e.